The molecule has 0 saturated heterocycles. The molecule has 1 atom stereocenters. The number of aliphatic hydroxyl groups is 1. The van der Waals surface area contributed by atoms with Gasteiger partial charge in [0, 0.05) is 5.69 Å². The third kappa shape index (κ3) is 4.18. The molecule has 0 aromatic heterocycles. The highest BCUT2D eigenvalue weighted by Crippen LogP contribution is 2.25. The van der Waals surface area contributed by atoms with Crippen LogP contribution >= 0.6 is 0 Å². The molecule has 2 rings (SSSR count). The minimum absolute atomic E-state index is 0.425. The van der Waals surface area contributed by atoms with E-state index < -0.39 is 16.1 Å². The largest absolute Gasteiger partial charge is 0.384 e. The van der Waals surface area contributed by atoms with Crippen molar-refractivity contribution in [2.45, 2.75) is 6.10 Å². The topological polar surface area (TPSA) is 66.4 Å². The van der Waals surface area contributed by atoms with E-state index in [0.29, 0.717) is 11.3 Å². The Bertz CT molecular complexity index is 754. The summed E-state index contributed by atoms with van der Waals surface area (Å²) >= 11 is 0. The average molecular weight is 303 g/mol. The summed E-state index contributed by atoms with van der Waals surface area (Å²) in [5.74, 6) is 0. The Morgan fingerprint density at radius 1 is 1.14 bits per heavy atom. The number of hydrogen-bond donors (Lipinski definition) is 2. The highest BCUT2D eigenvalue weighted by atomic mass is 32.2. The first-order valence-corrected chi connectivity index (χ1v) is 8.26. The van der Waals surface area contributed by atoms with Crippen LogP contribution in [0, 0.1) is 0 Å². The van der Waals surface area contributed by atoms with E-state index in [1.54, 1.807) is 30.3 Å². The van der Waals surface area contributed by atoms with Crippen LogP contribution in [0.25, 0.3) is 6.08 Å². The summed E-state index contributed by atoms with van der Waals surface area (Å²) in [5.41, 5.74) is 2.68. The van der Waals surface area contributed by atoms with Gasteiger partial charge in [-0.05, 0) is 34.9 Å². The lowest BCUT2D eigenvalue weighted by Gasteiger charge is -2.14. The molecule has 0 fully saturated rings. The van der Waals surface area contributed by atoms with E-state index in [-0.39, 0.29) is 0 Å². The van der Waals surface area contributed by atoms with Gasteiger partial charge in [0.05, 0.1) is 6.26 Å². The molecular weight excluding hydrogens is 286 g/mol. The Morgan fingerprint density at radius 2 is 1.76 bits per heavy atom. The highest BCUT2D eigenvalue weighted by Gasteiger charge is 2.12. The van der Waals surface area contributed by atoms with Crippen molar-refractivity contribution < 1.29 is 13.5 Å². The van der Waals surface area contributed by atoms with Crippen LogP contribution in [0.2, 0.25) is 0 Å². The van der Waals surface area contributed by atoms with E-state index in [1.807, 2.05) is 24.3 Å². The molecule has 0 saturated carbocycles. The Morgan fingerprint density at radius 3 is 2.38 bits per heavy atom. The minimum atomic E-state index is -3.34. The van der Waals surface area contributed by atoms with Gasteiger partial charge in [0.2, 0.25) is 10.0 Å². The zero-order valence-electron chi connectivity index (χ0n) is 11.7. The molecule has 0 amide bonds. The molecule has 1 unspecified atom stereocenters. The van der Waals surface area contributed by atoms with Crippen LogP contribution < -0.4 is 4.72 Å². The van der Waals surface area contributed by atoms with Gasteiger partial charge < -0.3 is 5.11 Å². The quantitative estimate of drug-likeness (QED) is 0.892. The fraction of sp³-hybridized carbons (Fsp3) is 0.125. The van der Waals surface area contributed by atoms with Gasteiger partial charge in [-0.3, -0.25) is 4.72 Å². The number of sulfonamides is 1. The minimum Gasteiger partial charge on any atom is -0.384 e. The standard InChI is InChI=1S/C16H17NO3S/c1-3-12-6-4-7-13(10-12)16(18)14-8-5-9-15(11-14)17-21(2,19)20/h3-11,16-18H,1H2,2H3. The van der Waals surface area contributed by atoms with Crippen LogP contribution in [0.5, 0.6) is 0 Å². The molecule has 0 heterocycles. The SMILES string of the molecule is C=Cc1cccc(C(O)c2cccc(NS(C)(=O)=O)c2)c1. The third-order valence-corrected chi connectivity index (χ3v) is 3.57. The molecule has 0 radical (unpaired) electrons. The predicted molar refractivity (Wildman–Crippen MR) is 85.5 cm³/mol. The third-order valence-electron chi connectivity index (χ3n) is 2.97. The molecule has 5 heteroatoms. The summed E-state index contributed by atoms with van der Waals surface area (Å²) in [5, 5.41) is 10.4. The summed E-state index contributed by atoms with van der Waals surface area (Å²) in [7, 11) is -3.34. The predicted octanol–water partition coefficient (Wildman–Crippen LogP) is 2.78. The van der Waals surface area contributed by atoms with Crippen LogP contribution in [0.4, 0.5) is 5.69 Å². The summed E-state index contributed by atoms with van der Waals surface area (Å²) in [6, 6.07) is 14.1. The van der Waals surface area contributed by atoms with Crippen LogP contribution in [-0.4, -0.2) is 19.8 Å². The Hall–Kier alpha value is -2.11. The van der Waals surface area contributed by atoms with Gasteiger partial charge in [-0.25, -0.2) is 8.42 Å². The fourth-order valence-corrected chi connectivity index (χ4v) is 2.59. The van der Waals surface area contributed by atoms with Crippen molar-refractivity contribution in [3.05, 3.63) is 71.8 Å². The molecule has 2 aromatic rings. The van der Waals surface area contributed by atoms with Gasteiger partial charge in [-0.2, -0.15) is 0 Å². The van der Waals surface area contributed by atoms with Crippen molar-refractivity contribution >= 4 is 21.8 Å². The Kier molecular flexibility index (Phi) is 4.45. The zero-order chi connectivity index (χ0) is 15.5. The van der Waals surface area contributed by atoms with Crippen molar-refractivity contribution in [2.24, 2.45) is 0 Å². The maximum Gasteiger partial charge on any atom is 0.229 e. The van der Waals surface area contributed by atoms with E-state index in [4.69, 9.17) is 0 Å². The molecule has 2 N–H and O–H groups in total. The summed E-state index contributed by atoms with van der Waals surface area (Å²) in [4.78, 5) is 0. The first-order chi connectivity index (χ1) is 9.89. The molecule has 110 valence electrons. The Labute approximate surface area is 124 Å². The molecule has 0 aliphatic rings. The smallest absolute Gasteiger partial charge is 0.229 e. The normalized spacial score (nSPS) is 12.7. The lowest BCUT2D eigenvalue weighted by molar-refractivity contribution is 0.220. The lowest BCUT2D eigenvalue weighted by atomic mass is 9.99. The maximum absolute atomic E-state index is 11.3. The Balaban J connectivity index is 2.32. The van der Waals surface area contributed by atoms with Crippen molar-refractivity contribution in [3.8, 4) is 0 Å². The van der Waals surface area contributed by atoms with Gasteiger partial charge >= 0.3 is 0 Å². The molecule has 2 aromatic carbocycles. The summed E-state index contributed by atoms with van der Waals surface area (Å²) in [6.07, 6.45) is 1.97. The number of anilines is 1. The molecular formula is C16H17NO3S. The first kappa shape index (κ1) is 15.3. The van der Waals surface area contributed by atoms with Gasteiger partial charge in [0.15, 0.2) is 0 Å². The summed E-state index contributed by atoms with van der Waals surface area (Å²) in [6.45, 7) is 3.70. The number of hydrogen-bond acceptors (Lipinski definition) is 3. The number of benzene rings is 2. The van der Waals surface area contributed by atoms with Crippen LogP contribution in [0.3, 0.4) is 0 Å². The van der Waals surface area contributed by atoms with Crippen molar-refractivity contribution in [1.82, 2.24) is 0 Å². The molecule has 0 bridgehead atoms. The van der Waals surface area contributed by atoms with Gasteiger partial charge in [-0.1, -0.05) is 43.0 Å². The van der Waals surface area contributed by atoms with E-state index in [1.165, 1.54) is 0 Å². The highest BCUT2D eigenvalue weighted by molar-refractivity contribution is 7.92. The lowest BCUT2D eigenvalue weighted by Crippen LogP contribution is -2.10. The number of nitrogens with one attached hydrogen (secondary N) is 1. The van der Waals surface area contributed by atoms with Gasteiger partial charge in [0.1, 0.15) is 6.10 Å². The first-order valence-electron chi connectivity index (χ1n) is 6.37. The second kappa shape index (κ2) is 6.11. The second-order valence-corrected chi connectivity index (χ2v) is 6.52. The van der Waals surface area contributed by atoms with E-state index in [9.17, 15) is 13.5 Å². The van der Waals surface area contributed by atoms with E-state index in [2.05, 4.69) is 11.3 Å². The molecule has 0 aliphatic carbocycles. The van der Waals surface area contributed by atoms with Crippen LogP contribution in [0.1, 0.15) is 22.8 Å². The van der Waals surface area contributed by atoms with E-state index >= 15 is 0 Å². The second-order valence-electron chi connectivity index (χ2n) is 4.78. The van der Waals surface area contributed by atoms with Crippen LogP contribution in [0.15, 0.2) is 55.1 Å². The number of rotatable bonds is 5. The van der Waals surface area contributed by atoms with E-state index in [0.717, 1.165) is 17.4 Å². The zero-order valence-corrected chi connectivity index (χ0v) is 12.5. The fourth-order valence-electron chi connectivity index (χ4n) is 2.03. The average Bonchev–Trinajstić information content (AvgIpc) is 2.45. The van der Waals surface area contributed by atoms with Gasteiger partial charge in [0.25, 0.3) is 0 Å². The van der Waals surface area contributed by atoms with Crippen molar-refractivity contribution in [3.63, 3.8) is 0 Å². The molecule has 21 heavy (non-hydrogen) atoms. The summed E-state index contributed by atoms with van der Waals surface area (Å²) < 4.78 is 24.9. The van der Waals surface area contributed by atoms with Crippen molar-refractivity contribution in [1.29, 1.82) is 0 Å². The van der Waals surface area contributed by atoms with Crippen LogP contribution in [-0.2, 0) is 10.0 Å². The van der Waals surface area contributed by atoms with Crippen molar-refractivity contribution in [2.75, 3.05) is 11.0 Å². The molecule has 0 spiro atoms. The maximum atomic E-state index is 11.3. The number of aliphatic hydroxyl groups excluding tert-OH is 1. The van der Waals surface area contributed by atoms with Gasteiger partial charge in [-0.15, -0.1) is 0 Å². The molecule has 4 nitrogen and oxygen atoms in total. The monoisotopic (exact) mass is 303 g/mol. The molecule has 0 aliphatic heterocycles.